The van der Waals surface area contributed by atoms with Crippen molar-refractivity contribution in [3.05, 3.63) is 34.9 Å². The third-order valence-corrected chi connectivity index (χ3v) is 5.54. The van der Waals surface area contributed by atoms with Crippen molar-refractivity contribution in [3.63, 3.8) is 0 Å². The van der Waals surface area contributed by atoms with E-state index in [0.29, 0.717) is 24.0 Å². The van der Waals surface area contributed by atoms with Gasteiger partial charge in [0.2, 0.25) is 0 Å². The van der Waals surface area contributed by atoms with E-state index in [0.717, 1.165) is 24.8 Å². The highest BCUT2D eigenvalue weighted by molar-refractivity contribution is 5.51. The number of phenols is 2. The number of aliphatic hydroxyl groups is 1. The number of hydrogen-bond donors (Lipinski definition) is 3. The van der Waals surface area contributed by atoms with Crippen LogP contribution >= 0.6 is 0 Å². The molecule has 0 aromatic heterocycles. The Labute approximate surface area is 163 Å². The third-order valence-electron chi connectivity index (χ3n) is 5.54. The first-order chi connectivity index (χ1) is 13.4. The van der Waals surface area contributed by atoms with Crippen LogP contribution in [0.15, 0.2) is 23.8 Å². The first-order valence-corrected chi connectivity index (χ1v) is 9.93. The molecule has 0 bridgehead atoms. The summed E-state index contributed by atoms with van der Waals surface area (Å²) in [6.07, 6.45) is 8.96. The molecule has 26 heavy (non-hydrogen) atoms. The molecule has 3 heteroatoms. The highest BCUT2D eigenvalue weighted by atomic mass is 16.3. The van der Waals surface area contributed by atoms with Crippen LogP contribution in [0.5, 0.6) is 11.5 Å². The highest BCUT2D eigenvalue weighted by Gasteiger charge is 2.38. The van der Waals surface area contributed by atoms with Gasteiger partial charge in [0.05, 0.1) is 5.60 Å². The Morgan fingerprint density at radius 3 is 2.35 bits per heavy atom. The van der Waals surface area contributed by atoms with Gasteiger partial charge in [0.1, 0.15) is 11.5 Å². The van der Waals surface area contributed by atoms with E-state index in [9.17, 15) is 15.3 Å². The van der Waals surface area contributed by atoms with E-state index in [4.69, 9.17) is 4.11 Å². The zero-order valence-electron chi connectivity index (χ0n) is 19.4. The van der Waals surface area contributed by atoms with Gasteiger partial charge >= 0.3 is 0 Å². The van der Waals surface area contributed by atoms with E-state index in [2.05, 4.69) is 6.92 Å². The number of rotatable bonds is 8. The van der Waals surface area contributed by atoms with E-state index >= 15 is 0 Å². The summed E-state index contributed by atoms with van der Waals surface area (Å²) in [5.41, 5.74) is 0.434. The van der Waals surface area contributed by atoms with Crippen LogP contribution in [0.3, 0.4) is 0 Å². The summed E-state index contributed by atoms with van der Waals surface area (Å²) in [5, 5.41) is 32.1. The molecule has 1 aromatic carbocycles. The fourth-order valence-electron chi connectivity index (χ4n) is 4.08. The van der Waals surface area contributed by atoms with Gasteiger partial charge in [0.15, 0.2) is 0 Å². The SMILES string of the molecule is [2H]C([2H])([2H])C1=C[C@@H](c2c(O)cc(CCCCCCC)cc2O)[C@H](C(C)(C)O)CC1. The number of phenolic OH excluding ortho intramolecular Hbond substituents is 2. The number of benzene rings is 1. The van der Waals surface area contributed by atoms with Crippen LogP contribution in [0, 0.1) is 5.92 Å². The summed E-state index contributed by atoms with van der Waals surface area (Å²) in [7, 11) is 0. The lowest BCUT2D eigenvalue weighted by molar-refractivity contribution is 0.00421. The summed E-state index contributed by atoms with van der Waals surface area (Å²) >= 11 is 0. The molecule has 1 aromatic rings. The van der Waals surface area contributed by atoms with Gasteiger partial charge in [-0.1, -0.05) is 44.3 Å². The van der Waals surface area contributed by atoms with Crippen LogP contribution < -0.4 is 0 Å². The van der Waals surface area contributed by atoms with Crippen molar-refractivity contribution < 1.29 is 19.4 Å². The van der Waals surface area contributed by atoms with Gasteiger partial charge in [0.25, 0.3) is 0 Å². The van der Waals surface area contributed by atoms with Crippen LogP contribution in [-0.2, 0) is 6.42 Å². The Morgan fingerprint density at radius 1 is 1.12 bits per heavy atom. The molecule has 0 unspecified atom stereocenters. The average Bonchev–Trinajstić information content (AvgIpc) is 2.59. The number of aromatic hydroxyl groups is 2. The second-order valence-electron chi connectivity index (χ2n) is 8.23. The highest BCUT2D eigenvalue weighted by Crippen LogP contribution is 2.47. The molecule has 146 valence electrons. The zero-order chi connectivity index (χ0) is 21.8. The maximum Gasteiger partial charge on any atom is 0.123 e. The summed E-state index contributed by atoms with van der Waals surface area (Å²) in [6.45, 7) is 3.34. The quantitative estimate of drug-likeness (QED) is 0.403. The largest absolute Gasteiger partial charge is 0.507 e. The van der Waals surface area contributed by atoms with E-state index in [1.165, 1.54) is 19.3 Å². The molecule has 0 fully saturated rings. The van der Waals surface area contributed by atoms with E-state index < -0.39 is 18.4 Å². The number of hydrogen-bond acceptors (Lipinski definition) is 3. The zero-order valence-corrected chi connectivity index (χ0v) is 16.4. The molecule has 0 saturated carbocycles. The standard InChI is InChI=1S/C23H36O3/c1-5-6-7-8-9-10-17-14-20(24)22(21(25)15-17)18-13-16(2)11-12-19(18)23(3,4)26/h13-15,18-19,24-26H,5-12H2,1-4H3/t18-,19-/m1/s1/i2D3. The minimum absolute atomic E-state index is 0.0316. The number of aryl methyl sites for hydroxylation is 1. The van der Waals surface area contributed by atoms with Crippen LogP contribution in [0.25, 0.3) is 0 Å². The molecule has 0 radical (unpaired) electrons. The van der Waals surface area contributed by atoms with Gasteiger partial charge in [-0.25, -0.2) is 0 Å². The van der Waals surface area contributed by atoms with Gasteiger partial charge in [-0.2, -0.15) is 0 Å². The van der Waals surface area contributed by atoms with Crippen molar-refractivity contribution in [1.29, 1.82) is 0 Å². The molecule has 3 nitrogen and oxygen atoms in total. The minimum atomic E-state index is -2.22. The molecule has 2 rings (SSSR count). The maximum atomic E-state index is 10.7. The first kappa shape index (κ1) is 16.7. The molecule has 0 spiro atoms. The van der Waals surface area contributed by atoms with Crippen LogP contribution in [0.2, 0.25) is 0 Å². The Bertz CT molecular complexity index is 694. The first-order valence-electron chi connectivity index (χ1n) is 11.4. The van der Waals surface area contributed by atoms with Gasteiger partial charge in [-0.3, -0.25) is 0 Å². The number of allylic oxidation sites excluding steroid dienone is 2. The fourth-order valence-corrected chi connectivity index (χ4v) is 4.08. The molecular weight excluding hydrogens is 324 g/mol. The molecule has 2 atom stereocenters. The van der Waals surface area contributed by atoms with Crippen molar-refractivity contribution >= 4 is 0 Å². The molecule has 0 heterocycles. The number of unbranched alkanes of at least 4 members (excludes halogenated alkanes) is 4. The lowest BCUT2D eigenvalue weighted by Crippen LogP contribution is -2.36. The fraction of sp³-hybridized carbons (Fsp3) is 0.652. The molecular formula is C23H36O3. The smallest absolute Gasteiger partial charge is 0.123 e. The maximum absolute atomic E-state index is 10.7. The van der Waals surface area contributed by atoms with Gasteiger partial charge < -0.3 is 15.3 Å². The third kappa shape index (κ3) is 5.26. The van der Waals surface area contributed by atoms with Crippen LogP contribution in [0.1, 0.15) is 93.7 Å². The predicted octanol–water partition coefficient (Wildman–Crippen LogP) is 5.82. The van der Waals surface area contributed by atoms with Crippen molar-refractivity contribution in [3.8, 4) is 11.5 Å². The Morgan fingerprint density at radius 2 is 1.77 bits per heavy atom. The van der Waals surface area contributed by atoms with Crippen molar-refractivity contribution in [1.82, 2.24) is 0 Å². The van der Waals surface area contributed by atoms with Crippen LogP contribution in [0.4, 0.5) is 0 Å². The molecule has 0 saturated heterocycles. The van der Waals surface area contributed by atoms with Gasteiger partial charge in [0, 0.05) is 15.6 Å². The van der Waals surface area contributed by atoms with Crippen molar-refractivity contribution in [2.75, 3.05) is 0 Å². The monoisotopic (exact) mass is 363 g/mol. The molecule has 0 amide bonds. The lowest BCUT2D eigenvalue weighted by Gasteiger charge is -2.38. The van der Waals surface area contributed by atoms with Crippen LogP contribution in [-0.4, -0.2) is 20.9 Å². The molecule has 0 aliphatic heterocycles. The van der Waals surface area contributed by atoms with E-state index in [1.54, 1.807) is 32.1 Å². The minimum Gasteiger partial charge on any atom is -0.507 e. The summed E-state index contributed by atoms with van der Waals surface area (Å²) < 4.78 is 23.2. The predicted molar refractivity (Wildman–Crippen MR) is 108 cm³/mol. The average molecular weight is 364 g/mol. The van der Waals surface area contributed by atoms with E-state index in [1.807, 2.05) is 0 Å². The summed E-state index contributed by atoms with van der Waals surface area (Å²) in [4.78, 5) is 0. The molecule has 3 N–H and O–H groups in total. The normalized spacial score (nSPS) is 23.1. The summed E-state index contributed by atoms with van der Waals surface area (Å²) in [6, 6.07) is 3.35. The topological polar surface area (TPSA) is 60.7 Å². The van der Waals surface area contributed by atoms with Gasteiger partial charge in [-0.05, 0) is 70.0 Å². The Balaban J connectivity index is 2.33. The van der Waals surface area contributed by atoms with Gasteiger partial charge in [-0.15, -0.1) is 0 Å². The van der Waals surface area contributed by atoms with Crippen molar-refractivity contribution in [2.45, 2.75) is 90.5 Å². The second-order valence-corrected chi connectivity index (χ2v) is 8.23. The Kier molecular flexibility index (Phi) is 5.74. The Hall–Kier alpha value is -1.48. The molecule has 1 aliphatic carbocycles. The molecule has 1 aliphatic rings. The summed E-state index contributed by atoms with van der Waals surface area (Å²) in [5.74, 6) is -0.922. The van der Waals surface area contributed by atoms with E-state index in [-0.39, 0.29) is 17.4 Å². The lowest BCUT2D eigenvalue weighted by atomic mass is 9.69. The second kappa shape index (κ2) is 8.94. The van der Waals surface area contributed by atoms with Crippen molar-refractivity contribution in [2.24, 2.45) is 5.92 Å².